The Hall–Kier alpha value is -2.19. The van der Waals surface area contributed by atoms with E-state index in [4.69, 9.17) is 17.0 Å². The molecular weight excluding hydrogens is 328 g/mol. The molecule has 0 unspecified atom stereocenters. The summed E-state index contributed by atoms with van der Waals surface area (Å²) in [5, 5.41) is 8.22. The van der Waals surface area contributed by atoms with E-state index < -0.39 is 6.09 Å². The Morgan fingerprint density at radius 2 is 1.67 bits per heavy atom. The van der Waals surface area contributed by atoms with Crippen LogP contribution in [-0.4, -0.2) is 48.3 Å². The molecule has 0 fully saturated rings. The van der Waals surface area contributed by atoms with Crippen LogP contribution in [0.3, 0.4) is 0 Å². The number of nitrogens with one attached hydrogen (secondary N) is 3. The highest BCUT2D eigenvalue weighted by Gasteiger charge is 2.11. The van der Waals surface area contributed by atoms with Gasteiger partial charge in [-0.05, 0) is 44.4 Å². The SMILES string of the molecule is CCOC(=O)NC(=S)Nc1ccccc1NC(=O)CN(CC)CC. The minimum atomic E-state index is -0.627. The van der Waals surface area contributed by atoms with E-state index in [0.717, 1.165) is 13.1 Å². The highest BCUT2D eigenvalue weighted by molar-refractivity contribution is 7.80. The zero-order valence-electron chi connectivity index (χ0n) is 14.2. The van der Waals surface area contributed by atoms with Crippen LogP contribution in [0.1, 0.15) is 20.8 Å². The molecule has 0 atom stereocenters. The number of ether oxygens (including phenoxy) is 1. The third kappa shape index (κ3) is 6.93. The van der Waals surface area contributed by atoms with Crippen molar-refractivity contribution in [3.05, 3.63) is 24.3 Å². The molecule has 0 saturated heterocycles. The summed E-state index contributed by atoms with van der Waals surface area (Å²) >= 11 is 5.06. The first-order chi connectivity index (χ1) is 11.5. The number of alkyl carbamates (subject to hydrolysis) is 1. The van der Waals surface area contributed by atoms with Gasteiger partial charge >= 0.3 is 6.09 Å². The Kier molecular flexibility index (Phi) is 8.74. The largest absolute Gasteiger partial charge is 0.450 e. The summed E-state index contributed by atoms with van der Waals surface area (Å²) in [6.07, 6.45) is -0.627. The zero-order valence-corrected chi connectivity index (χ0v) is 15.0. The highest BCUT2D eigenvalue weighted by atomic mass is 32.1. The van der Waals surface area contributed by atoms with Gasteiger partial charge in [-0.1, -0.05) is 26.0 Å². The zero-order chi connectivity index (χ0) is 17.9. The Bertz CT molecular complexity index is 576. The molecule has 0 heterocycles. The van der Waals surface area contributed by atoms with Crippen LogP contribution in [0.15, 0.2) is 24.3 Å². The van der Waals surface area contributed by atoms with Crippen LogP contribution >= 0.6 is 12.2 Å². The summed E-state index contributed by atoms with van der Waals surface area (Å²) in [7, 11) is 0. The van der Waals surface area contributed by atoms with Crippen LogP contribution in [0.2, 0.25) is 0 Å². The predicted molar refractivity (Wildman–Crippen MR) is 99.2 cm³/mol. The highest BCUT2D eigenvalue weighted by Crippen LogP contribution is 2.20. The number of amides is 2. The van der Waals surface area contributed by atoms with E-state index in [1.165, 1.54) is 0 Å². The minimum absolute atomic E-state index is 0.0962. The maximum Gasteiger partial charge on any atom is 0.413 e. The standard InChI is InChI=1S/C16H24N4O3S/c1-4-20(5-2)11-14(21)17-12-9-7-8-10-13(12)18-15(24)19-16(22)23-6-3/h7-10H,4-6,11H2,1-3H3,(H,17,21)(H2,18,19,22,24). The average Bonchev–Trinajstić information content (AvgIpc) is 2.54. The number of para-hydroxylation sites is 2. The van der Waals surface area contributed by atoms with Gasteiger partial charge < -0.3 is 15.4 Å². The summed E-state index contributed by atoms with van der Waals surface area (Å²) < 4.78 is 4.76. The van der Waals surface area contributed by atoms with Gasteiger partial charge in [0, 0.05) is 0 Å². The van der Waals surface area contributed by atoms with Gasteiger partial charge in [0.25, 0.3) is 0 Å². The Morgan fingerprint density at radius 1 is 1.08 bits per heavy atom. The van der Waals surface area contributed by atoms with E-state index in [9.17, 15) is 9.59 Å². The summed E-state index contributed by atoms with van der Waals surface area (Å²) in [6.45, 7) is 7.89. The molecule has 3 N–H and O–H groups in total. The molecule has 0 aliphatic carbocycles. The minimum Gasteiger partial charge on any atom is -0.450 e. The van der Waals surface area contributed by atoms with Gasteiger partial charge in [-0.3, -0.25) is 15.0 Å². The number of benzene rings is 1. The fourth-order valence-corrected chi connectivity index (χ4v) is 2.15. The first-order valence-electron chi connectivity index (χ1n) is 7.86. The van der Waals surface area contributed by atoms with Crippen LogP contribution in [0.5, 0.6) is 0 Å². The second kappa shape index (κ2) is 10.6. The van der Waals surface area contributed by atoms with Gasteiger partial charge in [-0.15, -0.1) is 0 Å². The van der Waals surface area contributed by atoms with E-state index in [0.29, 0.717) is 17.9 Å². The maximum absolute atomic E-state index is 12.1. The van der Waals surface area contributed by atoms with Crippen LogP contribution in [0, 0.1) is 0 Å². The monoisotopic (exact) mass is 352 g/mol. The normalized spacial score (nSPS) is 10.2. The van der Waals surface area contributed by atoms with E-state index in [1.807, 2.05) is 18.7 Å². The fraction of sp³-hybridized carbons (Fsp3) is 0.438. The predicted octanol–water partition coefficient (Wildman–Crippen LogP) is 2.41. The average molecular weight is 352 g/mol. The molecule has 0 saturated carbocycles. The number of carbonyl (C=O) groups is 2. The van der Waals surface area contributed by atoms with E-state index >= 15 is 0 Å². The number of thiocarbonyl (C=S) groups is 1. The first kappa shape index (κ1) is 19.9. The van der Waals surface area contributed by atoms with Crippen molar-refractivity contribution in [3.63, 3.8) is 0 Å². The number of carbonyl (C=O) groups excluding carboxylic acids is 2. The molecule has 0 radical (unpaired) electrons. The van der Waals surface area contributed by atoms with Crippen molar-refractivity contribution in [1.82, 2.24) is 10.2 Å². The molecule has 1 rings (SSSR count). The Morgan fingerprint density at radius 3 is 2.21 bits per heavy atom. The smallest absolute Gasteiger partial charge is 0.413 e. The lowest BCUT2D eigenvalue weighted by molar-refractivity contribution is -0.117. The quantitative estimate of drug-likeness (QED) is 0.654. The second-order valence-corrected chi connectivity index (χ2v) is 5.26. The van der Waals surface area contributed by atoms with Gasteiger partial charge in [0.15, 0.2) is 5.11 Å². The molecular formula is C16H24N4O3S. The second-order valence-electron chi connectivity index (χ2n) is 4.85. The van der Waals surface area contributed by atoms with Crippen molar-refractivity contribution in [3.8, 4) is 0 Å². The molecule has 132 valence electrons. The lowest BCUT2D eigenvalue weighted by Crippen LogP contribution is -2.35. The molecule has 1 aromatic rings. The van der Waals surface area contributed by atoms with E-state index in [-0.39, 0.29) is 17.6 Å². The van der Waals surface area contributed by atoms with Crippen LogP contribution < -0.4 is 16.0 Å². The molecule has 2 amide bonds. The number of anilines is 2. The third-order valence-corrected chi connectivity index (χ3v) is 3.41. The molecule has 24 heavy (non-hydrogen) atoms. The van der Waals surface area contributed by atoms with Crippen LogP contribution in [0.4, 0.5) is 16.2 Å². The molecule has 0 aromatic heterocycles. The lowest BCUT2D eigenvalue weighted by Gasteiger charge is -2.18. The third-order valence-electron chi connectivity index (χ3n) is 3.20. The molecule has 0 aliphatic rings. The van der Waals surface area contributed by atoms with Crippen molar-refractivity contribution in [2.75, 3.05) is 36.9 Å². The summed E-state index contributed by atoms with van der Waals surface area (Å²) in [5.41, 5.74) is 1.18. The molecule has 8 heteroatoms. The van der Waals surface area contributed by atoms with Crippen LogP contribution in [0.25, 0.3) is 0 Å². The number of hydrogen-bond acceptors (Lipinski definition) is 5. The summed E-state index contributed by atoms with van der Waals surface area (Å²) in [6, 6.07) is 7.12. The van der Waals surface area contributed by atoms with Crippen molar-refractivity contribution < 1.29 is 14.3 Å². The number of likely N-dealkylation sites (N-methyl/N-ethyl adjacent to an activating group) is 1. The number of rotatable bonds is 7. The van der Waals surface area contributed by atoms with E-state index in [2.05, 4.69) is 16.0 Å². The van der Waals surface area contributed by atoms with Gasteiger partial charge in [0.05, 0.1) is 24.5 Å². The molecule has 1 aromatic carbocycles. The fourth-order valence-electron chi connectivity index (χ4n) is 1.95. The van der Waals surface area contributed by atoms with Crippen molar-refractivity contribution in [1.29, 1.82) is 0 Å². The Balaban J connectivity index is 2.69. The van der Waals surface area contributed by atoms with Gasteiger partial charge in [0.2, 0.25) is 5.91 Å². The summed E-state index contributed by atoms with van der Waals surface area (Å²) in [4.78, 5) is 25.5. The van der Waals surface area contributed by atoms with Crippen molar-refractivity contribution in [2.45, 2.75) is 20.8 Å². The molecule has 0 spiro atoms. The van der Waals surface area contributed by atoms with Gasteiger partial charge in [-0.2, -0.15) is 0 Å². The molecule has 7 nitrogen and oxygen atoms in total. The number of nitrogens with zero attached hydrogens (tertiary/aromatic N) is 1. The van der Waals surface area contributed by atoms with E-state index in [1.54, 1.807) is 31.2 Å². The first-order valence-corrected chi connectivity index (χ1v) is 8.26. The number of hydrogen-bond donors (Lipinski definition) is 3. The Labute approximate surface area is 147 Å². The maximum atomic E-state index is 12.1. The lowest BCUT2D eigenvalue weighted by atomic mass is 10.2. The van der Waals surface area contributed by atoms with Crippen LogP contribution in [-0.2, 0) is 9.53 Å². The topological polar surface area (TPSA) is 82.7 Å². The molecule has 0 bridgehead atoms. The van der Waals surface area contributed by atoms with Gasteiger partial charge in [-0.25, -0.2) is 4.79 Å². The summed E-state index contributed by atoms with van der Waals surface area (Å²) in [5.74, 6) is -0.114. The van der Waals surface area contributed by atoms with Gasteiger partial charge in [0.1, 0.15) is 0 Å². The molecule has 0 aliphatic heterocycles. The van der Waals surface area contributed by atoms with Crippen molar-refractivity contribution >= 4 is 40.7 Å². The van der Waals surface area contributed by atoms with Crippen molar-refractivity contribution in [2.24, 2.45) is 0 Å².